The van der Waals surface area contributed by atoms with E-state index in [4.69, 9.17) is 14.0 Å². The fraction of sp³-hybridized carbons (Fsp3) is 0.0625. The van der Waals surface area contributed by atoms with E-state index in [0.717, 1.165) is 9.79 Å². The van der Waals surface area contributed by atoms with Crippen molar-refractivity contribution in [1.29, 1.82) is 0 Å². The SMILES string of the molecule is Cc1ccc([S@@](=O)c2ccccc2)cc1.[C-]#[O+].[C-]#[O+].[C-]#[O+].[Cr]. The summed E-state index contributed by atoms with van der Waals surface area (Å²) in [4.78, 5) is 1.70. The van der Waals surface area contributed by atoms with Gasteiger partial charge in [0.1, 0.15) is 0 Å². The third-order valence-corrected chi connectivity index (χ3v) is 3.59. The second-order valence-corrected chi connectivity index (χ2v) is 4.88. The summed E-state index contributed by atoms with van der Waals surface area (Å²) in [6, 6.07) is 17.3. The minimum absolute atomic E-state index is 0. The van der Waals surface area contributed by atoms with Gasteiger partial charge in [-0.25, -0.2) is 4.21 Å². The molecule has 2 aromatic carbocycles. The van der Waals surface area contributed by atoms with Crippen LogP contribution in [0.2, 0.25) is 0 Å². The van der Waals surface area contributed by atoms with Gasteiger partial charge in [-0.15, -0.1) is 0 Å². The molecular formula is C16H12CrO4S. The monoisotopic (exact) mass is 352 g/mol. The molecule has 2 aromatic rings. The van der Waals surface area contributed by atoms with Crippen molar-refractivity contribution in [2.24, 2.45) is 0 Å². The normalized spacial score (nSPS) is 8.68. The van der Waals surface area contributed by atoms with Gasteiger partial charge in [-0.3, -0.25) is 0 Å². The van der Waals surface area contributed by atoms with Gasteiger partial charge in [0.15, 0.2) is 0 Å². The van der Waals surface area contributed by atoms with E-state index in [-0.39, 0.29) is 17.4 Å². The van der Waals surface area contributed by atoms with Crippen LogP contribution < -0.4 is 0 Å². The van der Waals surface area contributed by atoms with E-state index in [1.807, 2.05) is 61.5 Å². The maximum absolute atomic E-state index is 12.1. The molecule has 0 bridgehead atoms. The summed E-state index contributed by atoms with van der Waals surface area (Å²) >= 11 is 0. The van der Waals surface area contributed by atoms with Crippen molar-refractivity contribution in [2.45, 2.75) is 16.7 Å². The van der Waals surface area contributed by atoms with Crippen molar-refractivity contribution >= 4 is 10.8 Å². The standard InChI is InChI=1S/C13H12OS.3CO.Cr/c1-11-7-9-13(10-8-11)15(14)12-5-3-2-4-6-12;3*1-2;/h2-10H,1H3;;;;/t15-;;;;/m0..../s1. The van der Waals surface area contributed by atoms with E-state index < -0.39 is 10.8 Å². The maximum Gasteiger partial charge on any atom is 0 e. The van der Waals surface area contributed by atoms with Gasteiger partial charge >= 0.3 is 33.9 Å². The van der Waals surface area contributed by atoms with Gasteiger partial charge in [0.05, 0.1) is 10.8 Å². The molecular weight excluding hydrogens is 340 g/mol. The van der Waals surface area contributed by atoms with E-state index in [1.54, 1.807) is 0 Å². The van der Waals surface area contributed by atoms with Crippen LogP contribution in [0.5, 0.6) is 0 Å². The molecule has 22 heavy (non-hydrogen) atoms. The average molecular weight is 352 g/mol. The minimum Gasteiger partial charge on any atom is 0 e. The molecule has 0 aliphatic carbocycles. The Morgan fingerprint density at radius 1 is 0.727 bits per heavy atom. The Hall–Kier alpha value is -1.66. The Balaban J connectivity index is -0.000000463. The van der Waals surface area contributed by atoms with Crippen molar-refractivity contribution in [3.63, 3.8) is 0 Å². The zero-order valence-electron chi connectivity index (χ0n) is 11.6. The van der Waals surface area contributed by atoms with Gasteiger partial charge in [0.2, 0.25) is 0 Å². The minimum atomic E-state index is -1.06. The Bertz CT molecular complexity index is 575. The van der Waals surface area contributed by atoms with Crippen LogP contribution in [-0.2, 0) is 42.1 Å². The zero-order valence-corrected chi connectivity index (χ0v) is 13.7. The summed E-state index contributed by atoms with van der Waals surface area (Å²) in [6.07, 6.45) is 0. The largest absolute Gasteiger partial charge is 0 e. The van der Waals surface area contributed by atoms with Crippen LogP contribution in [0, 0.1) is 26.9 Å². The van der Waals surface area contributed by atoms with Crippen LogP contribution >= 0.6 is 0 Å². The first-order chi connectivity index (χ1) is 10.3. The smallest absolute Gasteiger partial charge is 0 e. The molecule has 0 saturated heterocycles. The van der Waals surface area contributed by atoms with Crippen LogP contribution in [0.3, 0.4) is 0 Å². The summed E-state index contributed by atoms with van der Waals surface area (Å²) < 4.78 is 34.6. The first kappa shape index (κ1) is 25.3. The van der Waals surface area contributed by atoms with Gasteiger partial charge in [0.25, 0.3) is 0 Å². The average Bonchev–Trinajstić information content (AvgIpc) is 2.61. The van der Waals surface area contributed by atoms with Crippen LogP contribution in [0.1, 0.15) is 5.56 Å². The third-order valence-electron chi connectivity index (χ3n) is 2.19. The summed E-state index contributed by atoms with van der Waals surface area (Å²) in [5.74, 6) is 0. The molecule has 0 aliphatic heterocycles. The third kappa shape index (κ3) is 9.31. The molecule has 0 amide bonds. The maximum atomic E-state index is 12.1. The predicted molar refractivity (Wildman–Crippen MR) is 74.1 cm³/mol. The number of hydrogen-bond acceptors (Lipinski definition) is 1. The molecule has 112 valence electrons. The van der Waals surface area contributed by atoms with E-state index in [1.165, 1.54) is 5.56 Å². The molecule has 4 nitrogen and oxygen atoms in total. The molecule has 0 aliphatic rings. The molecule has 0 N–H and O–H groups in total. The molecule has 0 spiro atoms. The van der Waals surface area contributed by atoms with Gasteiger partial charge in [-0.05, 0) is 31.2 Å². The molecule has 6 heteroatoms. The zero-order chi connectivity index (χ0) is 16.7. The van der Waals surface area contributed by atoms with Crippen LogP contribution in [-0.4, -0.2) is 4.21 Å². The number of aryl methyl sites for hydroxylation is 1. The molecule has 0 aromatic heterocycles. The van der Waals surface area contributed by atoms with E-state index in [0.29, 0.717) is 0 Å². The number of benzene rings is 2. The summed E-state index contributed by atoms with van der Waals surface area (Å²) in [7, 11) is -1.06. The van der Waals surface area contributed by atoms with Crippen molar-refractivity contribution in [3.05, 3.63) is 80.1 Å². The van der Waals surface area contributed by atoms with E-state index in [2.05, 4.69) is 20.0 Å². The quantitative estimate of drug-likeness (QED) is 0.604. The number of hydrogen-bond donors (Lipinski definition) is 0. The summed E-state index contributed by atoms with van der Waals surface area (Å²) in [6.45, 7) is 15.5. The second kappa shape index (κ2) is 17.4. The number of rotatable bonds is 2. The van der Waals surface area contributed by atoms with Gasteiger partial charge < -0.3 is 0 Å². The van der Waals surface area contributed by atoms with Gasteiger partial charge in [-0.2, -0.15) is 0 Å². The molecule has 0 fully saturated rings. The topological polar surface area (TPSA) is 76.8 Å². The summed E-state index contributed by atoms with van der Waals surface area (Å²) in [5.41, 5.74) is 1.18. The summed E-state index contributed by atoms with van der Waals surface area (Å²) in [5, 5.41) is 0. The van der Waals surface area contributed by atoms with E-state index in [9.17, 15) is 4.21 Å². The second-order valence-electron chi connectivity index (χ2n) is 3.39. The Morgan fingerprint density at radius 2 is 1.09 bits per heavy atom. The fourth-order valence-corrected chi connectivity index (χ4v) is 2.40. The van der Waals surface area contributed by atoms with Crippen LogP contribution in [0.4, 0.5) is 0 Å². The molecule has 1 atom stereocenters. The van der Waals surface area contributed by atoms with Crippen molar-refractivity contribution < 1.29 is 35.5 Å². The van der Waals surface area contributed by atoms with Crippen molar-refractivity contribution in [3.8, 4) is 0 Å². The Morgan fingerprint density at radius 3 is 1.50 bits per heavy atom. The van der Waals surface area contributed by atoms with Gasteiger partial charge in [0, 0.05) is 27.2 Å². The predicted octanol–water partition coefficient (Wildman–Crippen LogP) is 3.05. The first-order valence-corrected chi connectivity index (χ1v) is 6.57. The first-order valence-electron chi connectivity index (χ1n) is 5.42. The van der Waals surface area contributed by atoms with Crippen LogP contribution in [0.25, 0.3) is 0 Å². The Labute approximate surface area is 143 Å². The van der Waals surface area contributed by atoms with Gasteiger partial charge in [-0.1, -0.05) is 35.9 Å². The van der Waals surface area contributed by atoms with Crippen molar-refractivity contribution in [2.75, 3.05) is 0 Å². The van der Waals surface area contributed by atoms with Crippen molar-refractivity contribution in [1.82, 2.24) is 0 Å². The molecule has 0 saturated carbocycles. The molecule has 0 heterocycles. The molecule has 0 unspecified atom stereocenters. The molecule has 0 radical (unpaired) electrons. The Kier molecular flexibility index (Phi) is 20.0. The van der Waals surface area contributed by atoms with Crippen LogP contribution in [0.15, 0.2) is 64.4 Å². The molecule has 2 rings (SSSR count). The van der Waals surface area contributed by atoms with E-state index >= 15 is 0 Å². The fourth-order valence-electron chi connectivity index (χ4n) is 1.34.